The summed E-state index contributed by atoms with van der Waals surface area (Å²) in [7, 11) is 0. The van der Waals surface area contributed by atoms with Crippen molar-refractivity contribution in [2.24, 2.45) is 0 Å². The third-order valence-electron chi connectivity index (χ3n) is 4.00. The van der Waals surface area contributed by atoms with Crippen LogP contribution in [0.15, 0.2) is 97.6 Å². The number of hydrogen-bond acceptors (Lipinski definition) is 4. The van der Waals surface area contributed by atoms with Crippen LogP contribution < -0.4 is 0 Å². The maximum atomic E-state index is 4.39. The van der Waals surface area contributed by atoms with Gasteiger partial charge >= 0.3 is 17.1 Å². The first-order valence-corrected chi connectivity index (χ1v) is 9.76. The summed E-state index contributed by atoms with van der Waals surface area (Å²) in [6.45, 7) is 2.60. The van der Waals surface area contributed by atoms with Crippen molar-refractivity contribution in [2.75, 3.05) is 0 Å². The van der Waals surface area contributed by atoms with Crippen LogP contribution in [-0.4, -0.2) is 19.9 Å². The molecule has 0 atom stereocenters. The Labute approximate surface area is 194 Å². The molecule has 4 rings (SSSR count). The average Bonchev–Trinajstić information content (AvgIpc) is 2.82. The Morgan fingerprint density at radius 1 is 0.419 bits per heavy atom. The van der Waals surface area contributed by atoms with E-state index in [1.807, 2.05) is 72.8 Å². The van der Waals surface area contributed by atoms with E-state index in [9.17, 15) is 0 Å². The van der Waals surface area contributed by atoms with Gasteiger partial charge in [-0.3, -0.25) is 19.9 Å². The Morgan fingerprint density at radius 2 is 0.677 bits per heavy atom. The molecule has 0 aliphatic rings. The van der Waals surface area contributed by atoms with E-state index in [1.165, 1.54) is 0 Å². The molecule has 0 aromatic carbocycles. The van der Waals surface area contributed by atoms with Gasteiger partial charge in [-0.1, -0.05) is 24.3 Å². The summed E-state index contributed by atoms with van der Waals surface area (Å²) in [6, 6.07) is 23.4. The van der Waals surface area contributed by atoms with Gasteiger partial charge in [-0.2, -0.15) is 0 Å². The quantitative estimate of drug-likeness (QED) is 0.349. The minimum absolute atomic E-state index is 0. The summed E-state index contributed by atoms with van der Waals surface area (Å²) in [4.78, 5) is 16.8. The van der Waals surface area contributed by atoms with Crippen molar-refractivity contribution in [3.05, 3.63) is 131 Å². The normalized spacial score (nSPS) is 9.81. The summed E-state index contributed by atoms with van der Waals surface area (Å²) in [6.07, 6.45) is 7.13. The van der Waals surface area contributed by atoms with E-state index in [1.54, 1.807) is 24.8 Å². The van der Waals surface area contributed by atoms with Gasteiger partial charge in [0.25, 0.3) is 0 Å². The minimum Gasteiger partial charge on any atom is -0.652 e. The largest absolute Gasteiger partial charge is 2.00 e. The molecule has 0 aliphatic carbocycles. The fourth-order valence-corrected chi connectivity index (χ4v) is 2.54. The molecule has 0 fully saturated rings. The zero-order chi connectivity index (χ0) is 20.7. The predicted molar refractivity (Wildman–Crippen MR) is 118 cm³/mol. The minimum atomic E-state index is 0. The number of hydrogen-bond donors (Lipinski definition) is 0. The van der Waals surface area contributed by atoms with Crippen molar-refractivity contribution in [2.45, 2.75) is 26.2 Å². The summed E-state index contributed by atoms with van der Waals surface area (Å²) in [5, 5.41) is 8.77. The number of pyridine rings is 4. The molecule has 0 spiro atoms. The number of aromatic nitrogens is 4. The van der Waals surface area contributed by atoms with Crippen molar-refractivity contribution in [3.8, 4) is 0 Å². The molecule has 31 heavy (non-hydrogen) atoms. The van der Waals surface area contributed by atoms with Crippen LogP contribution in [0.25, 0.3) is 10.6 Å². The maximum absolute atomic E-state index is 4.39. The first kappa shape index (κ1) is 24.3. The Morgan fingerprint density at radius 3 is 0.871 bits per heavy atom. The van der Waals surface area contributed by atoms with Gasteiger partial charge in [-0.15, -0.1) is 26.2 Å². The van der Waals surface area contributed by atoms with Crippen LogP contribution in [0.5, 0.6) is 0 Å². The van der Waals surface area contributed by atoms with Gasteiger partial charge in [0, 0.05) is 47.6 Å². The molecular formula is C24H24FeN6. The van der Waals surface area contributed by atoms with Crippen LogP contribution >= 0.6 is 0 Å². The molecule has 0 amide bonds. The smallest absolute Gasteiger partial charge is 0.652 e. The second-order valence-corrected chi connectivity index (χ2v) is 6.36. The van der Waals surface area contributed by atoms with E-state index in [0.717, 1.165) is 22.8 Å². The Bertz CT molecular complexity index is 781. The van der Waals surface area contributed by atoms with E-state index in [0.29, 0.717) is 26.2 Å². The van der Waals surface area contributed by atoms with Crippen molar-refractivity contribution in [3.63, 3.8) is 0 Å². The third kappa shape index (κ3) is 10.1. The zero-order valence-corrected chi connectivity index (χ0v) is 18.2. The van der Waals surface area contributed by atoms with Gasteiger partial charge in [0.1, 0.15) is 0 Å². The molecular weight excluding hydrogens is 428 g/mol. The Hall–Kier alpha value is -2.96. The van der Waals surface area contributed by atoms with Gasteiger partial charge in [0.15, 0.2) is 0 Å². The molecule has 4 aromatic heterocycles. The fourth-order valence-electron chi connectivity index (χ4n) is 2.54. The molecule has 7 heteroatoms. The third-order valence-corrected chi connectivity index (χ3v) is 4.00. The van der Waals surface area contributed by atoms with Crippen LogP contribution in [0.2, 0.25) is 0 Å². The van der Waals surface area contributed by atoms with Gasteiger partial charge in [-0.05, 0) is 48.5 Å². The summed E-state index contributed by atoms with van der Waals surface area (Å²) in [5.74, 6) is 0. The predicted octanol–water partition coefficient (Wildman–Crippen LogP) is 5.10. The zero-order valence-electron chi connectivity index (χ0n) is 17.1. The number of rotatable bonds is 8. The molecule has 4 aromatic rings. The Balaban J connectivity index is 0.000000213. The molecule has 0 saturated heterocycles. The standard InChI is InChI=1S/2C12H12N3.Fe/c2*1-3-7-14-11(5-1)9-13-10-12-6-2-4-8-15-12;/h2*1-8H,9-10H2;/q2*-1;+2. The van der Waals surface area contributed by atoms with Crippen molar-refractivity contribution in [1.82, 2.24) is 19.9 Å². The van der Waals surface area contributed by atoms with Crippen LogP contribution in [0.3, 0.4) is 0 Å². The molecule has 0 radical (unpaired) electrons. The first-order valence-electron chi connectivity index (χ1n) is 9.76. The average molecular weight is 452 g/mol. The SMILES string of the molecule is [Fe+2].c1ccc(C[N-]Cc2ccccn2)nc1.c1ccc(C[N-]Cc2ccccn2)nc1. The van der Waals surface area contributed by atoms with Crippen molar-refractivity contribution >= 4 is 0 Å². The van der Waals surface area contributed by atoms with E-state index >= 15 is 0 Å². The summed E-state index contributed by atoms with van der Waals surface area (Å²) >= 11 is 0. The molecule has 0 bridgehead atoms. The van der Waals surface area contributed by atoms with Crippen LogP contribution in [0.1, 0.15) is 22.8 Å². The molecule has 0 saturated carbocycles. The maximum Gasteiger partial charge on any atom is 2.00 e. The molecule has 0 aliphatic heterocycles. The molecule has 0 N–H and O–H groups in total. The van der Waals surface area contributed by atoms with Gasteiger partial charge in [0.2, 0.25) is 0 Å². The van der Waals surface area contributed by atoms with Crippen LogP contribution in [-0.2, 0) is 43.2 Å². The molecule has 158 valence electrons. The summed E-state index contributed by atoms with van der Waals surface area (Å²) in [5.41, 5.74) is 3.98. The number of nitrogens with zero attached hydrogens (tertiary/aromatic N) is 6. The van der Waals surface area contributed by atoms with Crippen LogP contribution in [0.4, 0.5) is 0 Å². The molecule has 4 heterocycles. The summed E-state index contributed by atoms with van der Waals surface area (Å²) < 4.78 is 0. The van der Waals surface area contributed by atoms with Crippen LogP contribution in [0, 0.1) is 0 Å². The molecule has 6 nitrogen and oxygen atoms in total. The fraction of sp³-hybridized carbons (Fsp3) is 0.167. The van der Waals surface area contributed by atoms with E-state index < -0.39 is 0 Å². The Kier molecular flexibility index (Phi) is 11.7. The topological polar surface area (TPSA) is 79.8 Å². The van der Waals surface area contributed by atoms with E-state index in [-0.39, 0.29) is 17.1 Å². The first-order chi connectivity index (χ1) is 14.9. The van der Waals surface area contributed by atoms with E-state index in [2.05, 4.69) is 30.6 Å². The van der Waals surface area contributed by atoms with E-state index in [4.69, 9.17) is 0 Å². The second-order valence-electron chi connectivity index (χ2n) is 6.36. The second kappa shape index (κ2) is 14.9. The van der Waals surface area contributed by atoms with Crippen molar-refractivity contribution in [1.29, 1.82) is 0 Å². The van der Waals surface area contributed by atoms with Gasteiger partial charge < -0.3 is 10.6 Å². The van der Waals surface area contributed by atoms with Gasteiger partial charge in [0.05, 0.1) is 0 Å². The van der Waals surface area contributed by atoms with Crippen molar-refractivity contribution < 1.29 is 17.1 Å². The van der Waals surface area contributed by atoms with Gasteiger partial charge in [-0.25, -0.2) is 0 Å². The molecule has 0 unspecified atom stereocenters. The monoisotopic (exact) mass is 452 g/mol.